The van der Waals surface area contributed by atoms with Gasteiger partial charge in [0, 0.05) is 12.6 Å². The molecule has 1 saturated carbocycles. The third-order valence-corrected chi connectivity index (χ3v) is 4.96. The Morgan fingerprint density at radius 1 is 1.33 bits per heavy atom. The van der Waals surface area contributed by atoms with Gasteiger partial charge in [-0.25, -0.2) is 13.6 Å². The van der Waals surface area contributed by atoms with Gasteiger partial charge in [-0.15, -0.1) is 0 Å². The van der Waals surface area contributed by atoms with Gasteiger partial charge in [-0.2, -0.15) is 0 Å². The van der Waals surface area contributed by atoms with Crippen LogP contribution in [0.2, 0.25) is 10.0 Å². The van der Waals surface area contributed by atoms with E-state index in [1.165, 1.54) is 6.07 Å². The van der Waals surface area contributed by atoms with Crippen LogP contribution < -0.4 is 5.14 Å². The van der Waals surface area contributed by atoms with Crippen molar-refractivity contribution in [2.24, 2.45) is 5.14 Å². The summed E-state index contributed by atoms with van der Waals surface area (Å²) in [7, 11) is -4.01. The Labute approximate surface area is 134 Å². The topological polar surface area (TPSA) is 80.5 Å². The first-order valence-electron chi connectivity index (χ1n) is 6.58. The lowest BCUT2D eigenvalue weighted by Gasteiger charge is -2.22. The Morgan fingerprint density at radius 2 is 1.95 bits per heavy atom. The highest BCUT2D eigenvalue weighted by atomic mass is 35.5. The molecule has 0 heterocycles. The molecule has 0 atom stereocenters. The fourth-order valence-corrected chi connectivity index (χ4v) is 3.54. The van der Waals surface area contributed by atoms with Crippen molar-refractivity contribution < 1.29 is 13.2 Å². The number of sulfonamides is 1. The lowest BCUT2D eigenvalue weighted by atomic mass is 10.2. The Bertz CT molecular complexity index is 672. The SMILES string of the molecule is CCCN(C(=O)c1cc(S(N)(=O)=O)c(Cl)cc1Cl)C1CC1. The van der Waals surface area contributed by atoms with Crippen LogP contribution in [0.25, 0.3) is 0 Å². The molecule has 1 aromatic rings. The minimum Gasteiger partial charge on any atom is -0.336 e. The third-order valence-electron chi connectivity index (χ3n) is 3.27. The maximum absolute atomic E-state index is 12.6. The molecule has 8 heteroatoms. The summed E-state index contributed by atoms with van der Waals surface area (Å²) in [6, 6.07) is 2.61. The molecule has 0 aliphatic heterocycles. The minimum atomic E-state index is -4.01. The van der Waals surface area contributed by atoms with Gasteiger partial charge < -0.3 is 4.90 Å². The number of halogens is 2. The van der Waals surface area contributed by atoms with E-state index < -0.39 is 10.0 Å². The van der Waals surface area contributed by atoms with Crippen molar-refractivity contribution in [2.75, 3.05) is 6.54 Å². The summed E-state index contributed by atoms with van der Waals surface area (Å²) in [5.74, 6) is -0.286. The second-order valence-electron chi connectivity index (χ2n) is 5.04. The Kier molecular flexibility index (Phi) is 4.82. The zero-order valence-electron chi connectivity index (χ0n) is 11.5. The molecule has 2 rings (SSSR count). The number of rotatable bonds is 5. The second kappa shape index (κ2) is 6.12. The monoisotopic (exact) mass is 350 g/mol. The van der Waals surface area contributed by atoms with Gasteiger partial charge in [-0.1, -0.05) is 30.1 Å². The summed E-state index contributed by atoms with van der Waals surface area (Å²) >= 11 is 11.9. The third kappa shape index (κ3) is 3.69. The zero-order valence-corrected chi connectivity index (χ0v) is 13.8. The summed E-state index contributed by atoms with van der Waals surface area (Å²) in [5, 5.41) is 5.14. The van der Waals surface area contributed by atoms with E-state index in [0.29, 0.717) is 6.54 Å². The van der Waals surface area contributed by atoms with Crippen molar-refractivity contribution in [3.63, 3.8) is 0 Å². The number of nitrogens with two attached hydrogens (primary N) is 1. The van der Waals surface area contributed by atoms with Gasteiger partial charge in [0.2, 0.25) is 10.0 Å². The number of carbonyl (C=O) groups is 1. The second-order valence-corrected chi connectivity index (χ2v) is 7.38. The molecule has 1 aromatic carbocycles. The molecule has 1 aliphatic rings. The van der Waals surface area contributed by atoms with Crippen LogP contribution in [0.4, 0.5) is 0 Å². The molecule has 21 heavy (non-hydrogen) atoms. The Balaban J connectivity index is 2.45. The van der Waals surface area contributed by atoms with E-state index in [-0.39, 0.29) is 32.5 Å². The van der Waals surface area contributed by atoms with Crippen molar-refractivity contribution in [1.29, 1.82) is 0 Å². The first-order chi connectivity index (χ1) is 9.75. The van der Waals surface area contributed by atoms with Crippen molar-refractivity contribution in [2.45, 2.75) is 37.1 Å². The average Bonchev–Trinajstić information content (AvgIpc) is 3.17. The van der Waals surface area contributed by atoms with Crippen LogP contribution in [0.15, 0.2) is 17.0 Å². The molecule has 0 unspecified atom stereocenters. The molecule has 0 spiro atoms. The van der Waals surface area contributed by atoms with Gasteiger partial charge in [0.1, 0.15) is 4.90 Å². The van der Waals surface area contributed by atoms with E-state index in [4.69, 9.17) is 28.3 Å². The van der Waals surface area contributed by atoms with E-state index in [2.05, 4.69) is 0 Å². The molecule has 0 radical (unpaired) electrons. The van der Waals surface area contributed by atoms with Crippen molar-refractivity contribution in [3.8, 4) is 0 Å². The lowest BCUT2D eigenvalue weighted by Crippen LogP contribution is -2.34. The Hall–Kier alpha value is -0.820. The normalized spacial score (nSPS) is 15.0. The standard InChI is InChI=1S/C13H16Cl2N2O3S/c1-2-5-17(8-3-4-8)13(18)9-6-12(21(16,19)20)11(15)7-10(9)14/h6-8H,2-5H2,1H3,(H2,16,19,20). The first-order valence-corrected chi connectivity index (χ1v) is 8.88. The minimum absolute atomic E-state index is 0.0903. The van der Waals surface area contributed by atoms with E-state index in [0.717, 1.165) is 25.3 Å². The zero-order chi connectivity index (χ0) is 15.8. The molecule has 0 aromatic heterocycles. The van der Waals surface area contributed by atoms with Crippen LogP contribution in [0.1, 0.15) is 36.5 Å². The number of amides is 1. The molecule has 0 bridgehead atoms. The fraction of sp³-hybridized carbons (Fsp3) is 0.462. The maximum atomic E-state index is 12.6. The number of hydrogen-bond donors (Lipinski definition) is 1. The molecule has 1 amide bonds. The molecular formula is C13H16Cl2N2O3S. The average molecular weight is 351 g/mol. The quantitative estimate of drug-likeness (QED) is 0.886. The predicted molar refractivity (Wildman–Crippen MR) is 82.2 cm³/mol. The molecule has 1 fully saturated rings. The highest BCUT2D eigenvalue weighted by Crippen LogP contribution is 2.32. The summed E-state index contributed by atoms with van der Waals surface area (Å²) in [4.78, 5) is 14.0. The number of carbonyl (C=O) groups excluding carboxylic acids is 1. The highest BCUT2D eigenvalue weighted by Gasteiger charge is 2.33. The van der Waals surface area contributed by atoms with E-state index in [9.17, 15) is 13.2 Å². The van der Waals surface area contributed by atoms with E-state index in [1.807, 2.05) is 6.92 Å². The number of benzene rings is 1. The number of hydrogen-bond acceptors (Lipinski definition) is 3. The van der Waals surface area contributed by atoms with Crippen LogP contribution in [-0.4, -0.2) is 31.8 Å². The first kappa shape index (κ1) is 16.5. The molecule has 1 aliphatic carbocycles. The predicted octanol–water partition coefficient (Wildman–Crippen LogP) is 2.66. The van der Waals surface area contributed by atoms with Gasteiger partial charge in [0.05, 0.1) is 15.6 Å². The highest BCUT2D eigenvalue weighted by molar-refractivity contribution is 7.89. The van der Waals surface area contributed by atoms with Crippen LogP contribution in [-0.2, 0) is 10.0 Å². The van der Waals surface area contributed by atoms with Gasteiger partial charge in [0.25, 0.3) is 5.91 Å². The largest absolute Gasteiger partial charge is 0.336 e. The number of nitrogens with zero attached hydrogens (tertiary/aromatic N) is 1. The number of primary sulfonamides is 1. The van der Waals surface area contributed by atoms with Gasteiger partial charge in [0.15, 0.2) is 0 Å². The van der Waals surface area contributed by atoms with Crippen molar-refractivity contribution in [1.82, 2.24) is 4.90 Å². The molecular weight excluding hydrogens is 335 g/mol. The summed E-state index contributed by atoms with van der Waals surface area (Å²) in [6.07, 6.45) is 2.73. The van der Waals surface area contributed by atoms with Crippen LogP contribution in [0.5, 0.6) is 0 Å². The smallest absolute Gasteiger partial charge is 0.255 e. The van der Waals surface area contributed by atoms with E-state index in [1.54, 1.807) is 4.90 Å². The Morgan fingerprint density at radius 3 is 2.43 bits per heavy atom. The van der Waals surface area contributed by atoms with Crippen LogP contribution in [0, 0.1) is 0 Å². The summed E-state index contributed by atoms with van der Waals surface area (Å²) in [6.45, 7) is 2.58. The van der Waals surface area contributed by atoms with Crippen molar-refractivity contribution in [3.05, 3.63) is 27.7 Å². The van der Waals surface area contributed by atoms with Gasteiger partial charge in [-0.3, -0.25) is 4.79 Å². The van der Waals surface area contributed by atoms with Gasteiger partial charge in [-0.05, 0) is 31.4 Å². The molecule has 5 nitrogen and oxygen atoms in total. The van der Waals surface area contributed by atoms with Gasteiger partial charge >= 0.3 is 0 Å². The maximum Gasteiger partial charge on any atom is 0.255 e. The molecule has 2 N–H and O–H groups in total. The summed E-state index contributed by atoms with van der Waals surface area (Å²) in [5.41, 5.74) is 0.116. The molecule has 116 valence electrons. The fourth-order valence-electron chi connectivity index (χ4n) is 2.14. The van der Waals surface area contributed by atoms with Crippen molar-refractivity contribution >= 4 is 39.1 Å². The van der Waals surface area contributed by atoms with Crippen LogP contribution in [0.3, 0.4) is 0 Å². The van der Waals surface area contributed by atoms with Crippen LogP contribution >= 0.6 is 23.2 Å². The summed E-state index contributed by atoms with van der Waals surface area (Å²) < 4.78 is 23.0. The molecule has 0 saturated heterocycles. The lowest BCUT2D eigenvalue weighted by molar-refractivity contribution is 0.0743. The van der Waals surface area contributed by atoms with E-state index >= 15 is 0 Å².